The molecule has 25 heavy (non-hydrogen) atoms. The van der Waals surface area contributed by atoms with Gasteiger partial charge in [-0.15, -0.1) is 0 Å². The lowest BCUT2D eigenvalue weighted by atomic mass is 10.0. The van der Waals surface area contributed by atoms with E-state index in [9.17, 15) is 4.79 Å². The van der Waals surface area contributed by atoms with Crippen LogP contribution < -0.4 is 4.74 Å². The first-order chi connectivity index (χ1) is 12.3. The Labute approximate surface area is 145 Å². The molecule has 4 rings (SSSR count). The van der Waals surface area contributed by atoms with Gasteiger partial charge in [0.05, 0.1) is 11.0 Å². The maximum atomic E-state index is 12.1. The van der Waals surface area contributed by atoms with Crippen molar-refractivity contribution in [1.82, 2.24) is 4.98 Å². The number of hydrogen-bond acceptors (Lipinski definition) is 3. The van der Waals surface area contributed by atoms with E-state index in [1.54, 1.807) is 18.2 Å². The predicted octanol–water partition coefficient (Wildman–Crippen LogP) is 5.01. The Hall–Kier alpha value is -3.46. The molecule has 0 N–H and O–H groups in total. The minimum Gasteiger partial charge on any atom is -0.423 e. The monoisotopic (exact) mass is 325 g/mol. The largest absolute Gasteiger partial charge is 0.423 e. The number of aromatic nitrogens is 1. The summed E-state index contributed by atoms with van der Waals surface area (Å²) in [4.78, 5) is 16.8. The Bertz CT molecular complexity index is 1030. The van der Waals surface area contributed by atoms with Crippen molar-refractivity contribution in [2.75, 3.05) is 0 Å². The Morgan fingerprint density at radius 3 is 1.96 bits per heavy atom. The summed E-state index contributed by atoms with van der Waals surface area (Å²) in [5.41, 5.74) is 2.76. The molecule has 3 heteroatoms. The fraction of sp³-hybridized carbons (Fsp3) is 0. The summed E-state index contributed by atoms with van der Waals surface area (Å²) in [6.45, 7) is 0. The average Bonchev–Trinajstić information content (AvgIpc) is 2.66. The van der Waals surface area contributed by atoms with Gasteiger partial charge in [-0.05, 0) is 35.9 Å². The van der Waals surface area contributed by atoms with Gasteiger partial charge in [0, 0.05) is 16.8 Å². The molecule has 0 saturated carbocycles. The molecule has 3 nitrogen and oxygen atoms in total. The zero-order valence-electron chi connectivity index (χ0n) is 13.4. The molecule has 0 atom stereocenters. The Morgan fingerprint density at radius 2 is 1.32 bits per heavy atom. The molecule has 0 radical (unpaired) electrons. The summed E-state index contributed by atoms with van der Waals surface area (Å²) >= 11 is 0. The SMILES string of the molecule is O=C(C=Cc1c2ccccc2nc2ccccc12)Oc1ccccc1. The minimum atomic E-state index is -0.406. The second-order valence-corrected chi connectivity index (χ2v) is 5.63. The molecular formula is C22H15NO2. The normalized spacial score (nSPS) is 11.2. The Morgan fingerprint density at radius 1 is 0.760 bits per heavy atom. The van der Waals surface area contributed by atoms with E-state index in [1.807, 2.05) is 66.7 Å². The van der Waals surface area contributed by atoms with Crippen LogP contribution in [0.2, 0.25) is 0 Å². The predicted molar refractivity (Wildman–Crippen MR) is 100 cm³/mol. The maximum Gasteiger partial charge on any atom is 0.336 e. The maximum absolute atomic E-state index is 12.1. The molecule has 4 aromatic rings. The molecule has 1 heterocycles. The standard InChI is InChI=1S/C22H15NO2/c24-22(25-16-8-2-1-3-9-16)15-14-17-18-10-4-6-12-20(18)23-21-13-7-5-11-19(17)21/h1-15H. The van der Waals surface area contributed by atoms with Gasteiger partial charge in [-0.3, -0.25) is 0 Å². The van der Waals surface area contributed by atoms with Crippen LogP contribution in [0.3, 0.4) is 0 Å². The van der Waals surface area contributed by atoms with E-state index >= 15 is 0 Å². The van der Waals surface area contributed by atoms with Gasteiger partial charge in [-0.25, -0.2) is 9.78 Å². The smallest absolute Gasteiger partial charge is 0.336 e. The Balaban J connectivity index is 1.75. The van der Waals surface area contributed by atoms with E-state index in [0.29, 0.717) is 5.75 Å². The van der Waals surface area contributed by atoms with E-state index in [2.05, 4.69) is 4.98 Å². The fourth-order valence-electron chi connectivity index (χ4n) is 2.84. The molecule has 0 aliphatic rings. The lowest BCUT2D eigenvalue weighted by Gasteiger charge is -2.07. The van der Waals surface area contributed by atoms with Crippen molar-refractivity contribution in [2.24, 2.45) is 0 Å². The van der Waals surface area contributed by atoms with Crippen LogP contribution in [0.1, 0.15) is 5.56 Å². The van der Waals surface area contributed by atoms with Crippen LogP contribution in [0.25, 0.3) is 27.9 Å². The second-order valence-electron chi connectivity index (χ2n) is 5.63. The summed E-state index contributed by atoms with van der Waals surface area (Å²) in [6.07, 6.45) is 3.26. The van der Waals surface area contributed by atoms with Crippen LogP contribution >= 0.6 is 0 Å². The van der Waals surface area contributed by atoms with Crippen molar-refractivity contribution in [2.45, 2.75) is 0 Å². The third kappa shape index (κ3) is 3.12. The van der Waals surface area contributed by atoms with E-state index < -0.39 is 5.97 Å². The van der Waals surface area contributed by atoms with Crippen LogP contribution in [0, 0.1) is 0 Å². The molecule has 0 bridgehead atoms. The first kappa shape index (κ1) is 15.1. The number of ether oxygens (including phenoxy) is 1. The Kier molecular flexibility index (Phi) is 3.97. The van der Waals surface area contributed by atoms with E-state index in [-0.39, 0.29) is 0 Å². The summed E-state index contributed by atoms with van der Waals surface area (Å²) < 4.78 is 5.32. The van der Waals surface area contributed by atoms with Gasteiger partial charge in [0.25, 0.3) is 0 Å². The van der Waals surface area contributed by atoms with Crippen LogP contribution in [0.5, 0.6) is 5.75 Å². The van der Waals surface area contributed by atoms with Crippen molar-refractivity contribution in [1.29, 1.82) is 0 Å². The zero-order valence-corrected chi connectivity index (χ0v) is 13.4. The number of fused-ring (bicyclic) bond motifs is 2. The van der Waals surface area contributed by atoms with Crippen molar-refractivity contribution >= 4 is 33.9 Å². The highest BCUT2D eigenvalue weighted by atomic mass is 16.5. The van der Waals surface area contributed by atoms with Gasteiger partial charge in [0.1, 0.15) is 5.75 Å². The lowest BCUT2D eigenvalue weighted by molar-refractivity contribution is -0.128. The molecule has 0 saturated heterocycles. The molecule has 0 fully saturated rings. The van der Waals surface area contributed by atoms with Crippen molar-refractivity contribution in [3.05, 3.63) is 90.5 Å². The third-order valence-electron chi connectivity index (χ3n) is 3.98. The highest BCUT2D eigenvalue weighted by Gasteiger charge is 2.07. The van der Waals surface area contributed by atoms with Crippen molar-refractivity contribution in [3.8, 4) is 5.75 Å². The number of carbonyl (C=O) groups is 1. The van der Waals surface area contributed by atoms with Crippen LogP contribution in [0.15, 0.2) is 84.9 Å². The third-order valence-corrected chi connectivity index (χ3v) is 3.98. The number of hydrogen-bond donors (Lipinski definition) is 0. The van der Waals surface area contributed by atoms with Gasteiger partial charge in [0.2, 0.25) is 0 Å². The second kappa shape index (κ2) is 6.57. The van der Waals surface area contributed by atoms with Gasteiger partial charge in [-0.2, -0.15) is 0 Å². The number of esters is 1. The number of carbonyl (C=O) groups excluding carboxylic acids is 1. The zero-order chi connectivity index (χ0) is 17.1. The number of nitrogens with zero attached hydrogens (tertiary/aromatic N) is 1. The quantitative estimate of drug-likeness (QED) is 0.230. The van der Waals surface area contributed by atoms with Crippen LogP contribution in [-0.4, -0.2) is 11.0 Å². The molecule has 0 spiro atoms. The van der Waals surface area contributed by atoms with Gasteiger partial charge >= 0.3 is 5.97 Å². The number of pyridine rings is 1. The summed E-state index contributed by atoms with van der Waals surface area (Å²) in [6, 6.07) is 24.9. The highest BCUT2D eigenvalue weighted by molar-refractivity contribution is 6.04. The first-order valence-electron chi connectivity index (χ1n) is 8.04. The molecule has 0 unspecified atom stereocenters. The van der Waals surface area contributed by atoms with E-state index in [1.165, 1.54) is 6.08 Å². The molecular weight excluding hydrogens is 310 g/mol. The molecule has 1 aromatic heterocycles. The lowest BCUT2D eigenvalue weighted by Crippen LogP contribution is -2.03. The summed E-state index contributed by atoms with van der Waals surface area (Å²) in [5.74, 6) is 0.123. The first-order valence-corrected chi connectivity index (χ1v) is 8.04. The number of benzene rings is 3. The summed E-state index contributed by atoms with van der Waals surface area (Å²) in [7, 11) is 0. The van der Waals surface area contributed by atoms with Gasteiger partial charge < -0.3 is 4.74 Å². The van der Waals surface area contributed by atoms with E-state index in [4.69, 9.17) is 4.74 Å². The molecule has 0 amide bonds. The number of rotatable bonds is 3. The fourth-order valence-corrected chi connectivity index (χ4v) is 2.84. The summed E-state index contributed by atoms with van der Waals surface area (Å²) in [5, 5.41) is 2.01. The molecule has 0 aliphatic heterocycles. The molecule has 120 valence electrons. The number of para-hydroxylation sites is 3. The highest BCUT2D eigenvalue weighted by Crippen LogP contribution is 2.27. The topological polar surface area (TPSA) is 39.2 Å². The van der Waals surface area contributed by atoms with Crippen LogP contribution in [-0.2, 0) is 4.79 Å². The molecule has 3 aromatic carbocycles. The van der Waals surface area contributed by atoms with Gasteiger partial charge in [-0.1, -0.05) is 54.6 Å². The van der Waals surface area contributed by atoms with Crippen LogP contribution in [0.4, 0.5) is 0 Å². The average molecular weight is 325 g/mol. The molecule has 0 aliphatic carbocycles. The van der Waals surface area contributed by atoms with E-state index in [0.717, 1.165) is 27.4 Å². The minimum absolute atomic E-state index is 0.406. The van der Waals surface area contributed by atoms with Gasteiger partial charge in [0.15, 0.2) is 0 Å². The van der Waals surface area contributed by atoms with Crippen molar-refractivity contribution < 1.29 is 9.53 Å². The van der Waals surface area contributed by atoms with Crippen molar-refractivity contribution in [3.63, 3.8) is 0 Å².